The highest BCUT2D eigenvalue weighted by atomic mass is 32.2. The van der Waals surface area contributed by atoms with E-state index >= 15 is 0 Å². The highest BCUT2D eigenvalue weighted by molar-refractivity contribution is 8.39. The lowest BCUT2D eigenvalue weighted by Crippen LogP contribution is -2.25. The second kappa shape index (κ2) is 8.98. The fraction of sp³-hybridized carbons (Fsp3) is 0.438. The van der Waals surface area contributed by atoms with Crippen molar-refractivity contribution in [1.82, 2.24) is 0 Å². The van der Waals surface area contributed by atoms with Gasteiger partial charge < -0.3 is 10.1 Å². The Kier molecular flexibility index (Phi) is 6.98. The van der Waals surface area contributed by atoms with Crippen LogP contribution in [0.25, 0.3) is 0 Å². The van der Waals surface area contributed by atoms with Crippen LogP contribution in [0.1, 0.15) is 30.6 Å². The highest BCUT2D eigenvalue weighted by Crippen LogP contribution is 2.28. The number of amides is 1. The van der Waals surface area contributed by atoms with Gasteiger partial charge in [0.1, 0.15) is 4.38 Å². The zero-order valence-electron chi connectivity index (χ0n) is 13.2. The van der Waals surface area contributed by atoms with E-state index in [2.05, 4.69) is 10.3 Å². The number of hydrogen-bond acceptors (Lipinski definition) is 6. The molecule has 1 aliphatic heterocycles. The molecule has 0 saturated heterocycles. The molecule has 0 aliphatic carbocycles. The van der Waals surface area contributed by atoms with Gasteiger partial charge in [-0.3, -0.25) is 9.79 Å². The van der Waals surface area contributed by atoms with Crippen LogP contribution < -0.4 is 5.32 Å². The summed E-state index contributed by atoms with van der Waals surface area (Å²) >= 11 is 3.22. The van der Waals surface area contributed by atoms with E-state index < -0.39 is 0 Å². The second-order valence-electron chi connectivity index (χ2n) is 4.80. The lowest BCUT2D eigenvalue weighted by atomic mass is 10.2. The zero-order chi connectivity index (χ0) is 16.7. The lowest BCUT2D eigenvalue weighted by Gasteiger charge is -2.14. The summed E-state index contributed by atoms with van der Waals surface area (Å²) in [5.74, 6) is 0.593. The third kappa shape index (κ3) is 5.28. The normalized spacial score (nSPS) is 15.0. The van der Waals surface area contributed by atoms with Gasteiger partial charge >= 0.3 is 5.97 Å². The molecule has 23 heavy (non-hydrogen) atoms. The van der Waals surface area contributed by atoms with Crippen molar-refractivity contribution in [2.24, 2.45) is 4.99 Å². The molecule has 7 heteroatoms. The van der Waals surface area contributed by atoms with Crippen LogP contribution in [0.4, 0.5) is 5.69 Å². The van der Waals surface area contributed by atoms with Crippen LogP contribution in [0.2, 0.25) is 0 Å². The number of hydrogen-bond donors (Lipinski definition) is 1. The molecule has 0 radical (unpaired) electrons. The Bertz CT molecular complexity index is 587. The van der Waals surface area contributed by atoms with E-state index in [9.17, 15) is 9.59 Å². The average molecular weight is 352 g/mol. The number of carbonyl (C=O) groups excluding carboxylic acids is 2. The first-order valence-corrected chi connectivity index (χ1v) is 9.42. The van der Waals surface area contributed by atoms with Gasteiger partial charge in [-0.2, -0.15) is 0 Å². The van der Waals surface area contributed by atoms with Gasteiger partial charge in [-0.25, -0.2) is 4.79 Å². The molecule has 0 bridgehead atoms. The smallest absolute Gasteiger partial charge is 0.338 e. The minimum absolute atomic E-state index is 0.0448. The summed E-state index contributed by atoms with van der Waals surface area (Å²) in [7, 11) is 0. The van der Waals surface area contributed by atoms with Crippen LogP contribution in [0.3, 0.4) is 0 Å². The number of nitrogens with zero attached hydrogens (tertiary/aromatic N) is 1. The first-order chi connectivity index (χ1) is 11.1. The number of thioether (sulfide) groups is 2. The van der Waals surface area contributed by atoms with Crippen molar-refractivity contribution in [3.8, 4) is 0 Å². The lowest BCUT2D eigenvalue weighted by molar-refractivity contribution is -0.115. The Morgan fingerprint density at radius 1 is 1.35 bits per heavy atom. The standard InChI is InChI=1S/C16H20N2O3S2/c1-3-13(23-16-17-9-10-22-16)14(19)18-12-7-5-11(6-8-12)15(20)21-4-2/h5-8,13H,3-4,9-10H2,1-2H3,(H,18,19). The van der Waals surface area contributed by atoms with E-state index in [0.717, 1.165) is 23.1 Å². The van der Waals surface area contributed by atoms with E-state index in [0.29, 0.717) is 17.9 Å². The Morgan fingerprint density at radius 3 is 2.65 bits per heavy atom. The SMILES string of the molecule is CCOC(=O)c1ccc(NC(=O)C(CC)SC2=NCCS2)cc1. The Hall–Kier alpha value is -1.47. The number of esters is 1. The minimum Gasteiger partial charge on any atom is -0.462 e. The van der Waals surface area contributed by atoms with Crippen LogP contribution in [-0.2, 0) is 9.53 Å². The van der Waals surface area contributed by atoms with Crippen molar-refractivity contribution in [3.63, 3.8) is 0 Å². The molecule has 1 aromatic carbocycles. The van der Waals surface area contributed by atoms with Crippen LogP contribution in [0.15, 0.2) is 29.3 Å². The molecule has 0 fully saturated rings. The topological polar surface area (TPSA) is 67.8 Å². The summed E-state index contributed by atoms with van der Waals surface area (Å²) in [6, 6.07) is 6.73. The quantitative estimate of drug-likeness (QED) is 0.795. The largest absolute Gasteiger partial charge is 0.462 e. The first kappa shape index (κ1) is 17.9. The molecule has 2 rings (SSSR count). The summed E-state index contributed by atoms with van der Waals surface area (Å²) in [5.41, 5.74) is 1.14. The molecule has 1 atom stereocenters. The summed E-state index contributed by atoms with van der Waals surface area (Å²) in [6.07, 6.45) is 0.733. The molecular weight excluding hydrogens is 332 g/mol. The summed E-state index contributed by atoms with van der Waals surface area (Å²) in [5, 5.41) is 2.73. The monoisotopic (exact) mass is 352 g/mol. The van der Waals surface area contributed by atoms with Gasteiger partial charge in [-0.1, -0.05) is 30.4 Å². The molecule has 0 spiro atoms. The summed E-state index contributed by atoms with van der Waals surface area (Å²) in [6.45, 7) is 4.93. The maximum Gasteiger partial charge on any atom is 0.338 e. The first-order valence-electron chi connectivity index (χ1n) is 7.56. The van der Waals surface area contributed by atoms with E-state index in [-0.39, 0.29) is 17.1 Å². The van der Waals surface area contributed by atoms with Gasteiger partial charge in [0.05, 0.1) is 24.0 Å². The van der Waals surface area contributed by atoms with E-state index in [1.807, 2.05) is 6.92 Å². The van der Waals surface area contributed by atoms with Gasteiger partial charge in [0, 0.05) is 11.4 Å². The molecule has 1 aliphatic rings. The van der Waals surface area contributed by atoms with Gasteiger partial charge in [0.15, 0.2) is 0 Å². The highest BCUT2D eigenvalue weighted by Gasteiger charge is 2.21. The molecule has 5 nitrogen and oxygen atoms in total. The maximum absolute atomic E-state index is 12.4. The third-order valence-electron chi connectivity index (χ3n) is 3.13. The number of anilines is 1. The number of aliphatic imine (C=N–C) groups is 1. The van der Waals surface area contributed by atoms with Crippen LogP contribution in [0.5, 0.6) is 0 Å². The number of rotatable bonds is 6. The summed E-state index contributed by atoms with van der Waals surface area (Å²) < 4.78 is 5.92. The number of benzene rings is 1. The maximum atomic E-state index is 12.4. The molecule has 124 valence electrons. The van der Waals surface area contributed by atoms with Crippen molar-refractivity contribution >= 4 is 45.5 Å². The van der Waals surface area contributed by atoms with Crippen molar-refractivity contribution in [1.29, 1.82) is 0 Å². The van der Waals surface area contributed by atoms with Crippen molar-refractivity contribution < 1.29 is 14.3 Å². The van der Waals surface area contributed by atoms with Crippen LogP contribution >= 0.6 is 23.5 Å². The fourth-order valence-electron chi connectivity index (χ4n) is 1.96. The van der Waals surface area contributed by atoms with Gasteiger partial charge in [-0.05, 0) is 37.6 Å². The molecule has 1 amide bonds. The molecular formula is C16H20N2O3S2. The third-order valence-corrected chi connectivity index (χ3v) is 5.70. The van der Waals surface area contributed by atoms with E-state index in [1.54, 1.807) is 43.0 Å². The van der Waals surface area contributed by atoms with Crippen LogP contribution in [-0.4, -0.2) is 40.4 Å². The van der Waals surface area contributed by atoms with Crippen LogP contribution in [0, 0.1) is 0 Å². The molecule has 1 N–H and O–H groups in total. The Balaban J connectivity index is 1.94. The molecule has 1 unspecified atom stereocenters. The Morgan fingerprint density at radius 2 is 2.09 bits per heavy atom. The number of ether oxygens (including phenoxy) is 1. The van der Waals surface area contributed by atoms with Crippen molar-refractivity contribution in [2.45, 2.75) is 25.5 Å². The van der Waals surface area contributed by atoms with E-state index in [1.165, 1.54) is 11.8 Å². The van der Waals surface area contributed by atoms with E-state index in [4.69, 9.17) is 4.74 Å². The molecule has 0 aromatic heterocycles. The zero-order valence-corrected chi connectivity index (χ0v) is 14.8. The van der Waals surface area contributed by atoms with Gasteiger partial charge in [-0.15, -0.1) is 0 Å². The summed E-state index contributed by atoms with van der Waals surface area (Å²) in [4.78, 5) is 28.3. The minimum atomic E-state index is -0.358. The molecule has 0 saturated carbocycles. The predicted molar refractivity (Wildman–Crippen MR) is 97.5 cm³/mol. The fourth-order valence-corrected chi connectivity index (χ4v) is 4.11. The predicted octanol–water partition coefficient (Wildman–Crippen LogP) is 3.42. The second-order valence-corrected chi connectivity index (χ2v) is 7.33. The number of carbonyl (C=O) groups is 2. The van der Waals surface area contributed by atoms with Crippen molar-refractivity contribution in [2.75, 3.05) is 24.2 Å². The number of nitrogens with one attached hydrogen (secondary N) is 1. The van der Waals surface area contributed by atoms with Crippen molar-refractivity contribution in [3.05, 3.63) is 29.8 Å². The van der Waals surface area contributed by atoms with Gasteiger partial charge in [0.25, 0.3) is 0 Å². The molecule has 1 heterocycles. The molecule has 1 aromatic rings. The Labute approximate surface area is 144 Å². The average Bonchev–Trinajstić information content (AvgIpc) is 3.06. The van der Waals surface area contributed by atoms with Gasteiger partial charge in [0.2, 0.25) is 5.91 Å².